The van der Waals surface area contributed by atoms with E-state index in [9.17, 15) is 9.59 Å². The number of aromatic nitrogens is 3. The minimum atomic E-state index is -0.189. The van der Waals surface area contributed by atoms with E-state index in [1.54, 1.807) is 0 Å². The van der Waals surface area contributed by atoms with Crippen LogP contribution < -0.4 is 5.32 Å². The van der Waals surface area contributed by atoms with Gasteiger partial charge in [-0.3, -0.25) is 9.59 Å². The van der Waals surface area contributed by atoms with Crippen LogP contribution in [0.2, 0.25) is 0 Å². The van der Waals surface area contributed by atoms with Gasteiger partial charge in [-0.25, -0.2) is 9.50 Å². The first kappa shape index (κ1) is 21.8. The number of aryl methyl sites for hydroxylation is 2. The molecule has 2 amide bonds. The first-order valence-electron chi connectivity index (χ1n) is 11.7. The molecule has 168 valence electrons. The van der Waals surface area contributed by atoms with Crippen molar-refractivity contribution in [3.63, 3.8) is 0 Å². The standard InChI is InChI=1S/C24H35N5O2/c1-6-24(4,5)26-22(30)12-11-18-15(2)25-21-14-19(27-29(21)16(18)3)20-8-7-13-28(20)23(31)17-9-10-17/h14,17,20H,6-13H2,1-5H3,(H,26,30). The van der Waals surface area contributed by atoms with E-state index < -0.39 is 0 Å². The number of rotatable bonds is 7. The second-order valence-corrected chi connectivity index (χ2v) is 9.85. The van der Waals surface area contributed by atoms with E-state index in [0.29, 0.717) is 18.7 Å². The van der Waals surface area contributed by atoms with Crippen LogP contribution in [0.3, 0.4) is 0 Å². The molecule has 3 heterocycles. The van der Waals surface area contributed by atoms with Gasteiger partial charge in [0.15, 0.2) is 5.65 Å². The summed E-state index contributed by atoms with van der Waals surface area (Å²) >= 11 is 0. The summed E-state index contributed by atoms with van der Waals surface area (Å²) in [5.41, 5.74) is 4.59. The monoisotopic (exact) mass is 425 g/mol. The van der Waals surface area contributed by atoms with E-state index in [1.165, 1.54) is 0 Å². The molecular formula is C24H35N5O2. The van der Waals surface area contributed by atoms with Gasteiger partial charge < -0.3 is 10.2 Å². The summed E-state index contributed by atoms with van der Waals surface area (Å²) in [7, 11) is 0. The van der Waals surface area contributed by atoms with Crippen LogP contribution in [0.25, 0.3) is 5.65 Å². The molecule has 0 radical (unpaired) electrons. The molecule has 0 aromatic carbocycles. The predicted molar refractivity (Wildman–Crippen MR) is 120 cm³/mol. The Kier molecular flexibility index (Phi) is 5.79. The highest BCUT2D eigenvalue weighted by atomic mass is 16.2. The molecule has 1 unspecified atom stereocenters. The Morgan fingerprint density at radius 1 is 1.23 bits per heavy atom. The number of nitrogens with zero attached hydrogens (tertiary/aromatic N) is 4. The first-order valence-corrected chi connectivity index (χ1v) is 11.7. The zero-order valence-corrected chi connectivity index (χ0v) is 19.5. The average Bonchev–Trinajstić information content (AvgIpc) is 3.29. The van der Waals surface area contributed by atoms with Gasteiger partial charge in [0.25, 0.3) is 0 Å². The number of fused-ring (bicyclic) bond motifs is 1. The average molecular weight is 426 g/mol. The maximum absolute atomic E-state index is 12.7. The van der Waals surface area contributed by atoms with E-state index in [1.807, 2.05) is 43.2 Å². The third kappa shape index (κ3) is 4.46. The van der Waals surface area contributed by atoms with Crippen LogP contribution in [0.15, 0.2) is 6.07 Å². The van der Waals surface area contributed by atoms with Gasteiger partial charge in [-0.15, -0.1) is 0 Å². The molecular weight excluding hydrogens is 390 g/mol. The molecule has 1 atom stereocenters. The van der Waals surface area contributed by atoms with E-state index in [-0.39, 0.29) is 23.4 Å². The third-order valence-corrected chi connectivity index (χ3v) is 6.95. The lowest BCUT2D eigenvalue weighted by atomic mass is 10.0. The van der Waals surface area contributed by atoms with E-state index >= 15 is 0 Å². The van der Waals surface area contributed by atoms with Crippen molar-refractivity contribution in [1.29, 1.82) is 0 Å². The lowest BCUT2D eigenvalue weighted by molar-refractivity contribution is -0.133. The summed E-state index contributed by atoms with van der Waals surface area (Å²) in [6, 6.07) is 2.09. The maximum atomic E-state index is 12.7. The van der Waals surface area contributed by atoms with Crippen molar-refractivity contribution in [3.8, 4) is 0 Å². The van der Waals surface area contributed by atoms with Gasteiger partial charge >= 0.3 is 0 Å². The molecule has 2 aromatic rings. The summed E-state index contributed by atoms with van der Waals surface area (Å²) in [5, 5.41) is 7.97. The van der Waals surface area contributed by atoms with Crippen LogP contribution in [-0.4, -0.2) is 43.4 Å². The van der Waals surface area contributed by atoms with Gasteiger partial charge in [0.05, 0.1) is 11.7 Å². The molecule has 1 aliphatic carbocycles. The van der Waals surface area contributed by atoms with Crippen LogP contribution in [0.5, 0.6) is 0 Å². The number of likely N-dealkylation sites (tertiary alicyclic amines) is 1. The van der Waals surface area contributed by atoms with E-state index in [2.05, 4.69) is 12.2 Å². The molecule has 1 saturated carbocycles. The van der Waals surface area contributed by atoms with Gasteiger partial charge in [0.1, 0.15) is 0 Å². The Morgan fingerprint density at radius 3 is 2.65 bits per heavy atom. The van der Waals surface area contributed by atoms with Crippen LogP contribution in [-0.2, 0) is 16.0 Å². The smallest absolute Gasteiger partial charge is 0.226 e. The number of carbonyl (C=O) groups is 2. The lowest BCUT2D eigenvalue weighted by Crippen LogP contribution is -2.42. The molecule has 7 nitrogen and oxygen atoms in total. The molecule has 31 heavy (non-hydrogen) atoms. The topological polar surface area (TPSA) is 79.6 Å². The largest absolute Gasteiger partial charge is 0.351 e. The Balaban J connectivity index is 1.54. The first-order chi connectivity index (χ1) is 14.7. The number of hydrogen-bond donors (Lipinski definition) is 1. The van der Waals surface area contributed by atoms with Crippen molar-refractivity contribution in [2.45, 2.75) is 91.1 Å². The fourth-order valence-corrected chi connectivity index (χ4v) is 4.54. The zero-order chi connectivity index (χ0) is 22.3. The minimum absolute atomic E-state index is 0.0556. The molecule has 1 aliphatic heterocycles. The van der Waals surface area contributed by atoms with Crippen LogP contribution >= 0.6 is 0 Å². The van der Waals surface area contributed by atoms with Gasteiger partial charge in [0.2, 0.25) is 11.8 Å². The normalized spacial score (nSPS) is 19.3. The Morgan fingerprint density at radius 2 is 1.97 bits per heavy atom. The summed E-state index contributed by atoms with van der Waals surface area (Å²) in [6.45, 7) is 11.0. The van der Waals surface area contributed by atoms with Crippen LogP contribution in [0.4, 0.5) is 0 Å². The molecule has 0 bridgehead atoms. The molecule has 2 aromatic heterocycles. The summed E-state index contributed by atoms with van der Waals surface area (Å²) in [4.78, 5) is 31.9. The van der Waals surface area contributed by atoms with Crippen LogP contribution in [0.1, 0.15) is 88.0 Å². The van der Waals surface area contributed by atoms with Crippen molar-refractivity contribution in [3.05, 3.63) is 28.7 Å². The fraction of sp³-hybridized carbons (Fsp3) is 0.667. The van der Waals surface area contributed by atoms with Gasteiger partial charge in [0, 0.05) is 41.9 Å². The summed E-state index contributed by atoms with van der Waals surface area (Å²) in [5.74, 6) is 0.587. The highest BCUT2D eigenvalue weighted by Gasteiger charge is 2.39. The third-order valence-electron chi connectivity index (χ3n) is 6.95. The number of carbonyl (C=O) groups excluding carboxylic acids is 2. The number of nitrogens with one attached hydrogen (secondary N) is 1. The number of amides is 2. The van der Waals surface area contributed by atoms with Crippen LogP contribution in [0, 0.1) is 19.8 Å². The Hall–Kier alpha value is -2.44. The molecule has 1 N–H and O–H groups in total. The Bertz CT molecular complexity index is 1010. The van der Waals surface area contributed by atoms with Crippen molar-refractivity contribution in [1.82, 2.24) is 24.8 Å². The van der Waals surface area contributed by atoms with Gasteiger partial charge in [-0.1, -0.05) is 6.92 Å². The predicted octanol–water partition coefficient (Wildman–Crippen LogP) is 3.66. The SMILES string of the molecule is CCC(C)(C)NC(=O)CCc1c(C)nc2cc(C3CCCN3C(=O)C3CC3)nn2c1C. The fourth-order valence-electron chi connectivity index (χ4n) is 4.54. The second kappa shape index (κ2) is 8.24. The van der Waals surface area contributed by atoms with E-state index in [0.717, 1.165) is 66.9 Å². The van der Waals surface area contributed by atoms with Gasteiger partial charge in [-0.2, -0.15) is 5.10 Å². The molecule has 1 saturated heterocycles. The quantitative estimate of drug-likeness (QED) is 0.734. The molecule has 4 rings (SSSR count). The van der Waals surface area contributed by atoms with Crippen molar-refractivity contribution >= 4 is 17.5 Å². The molecule has 2 aliphatic rings. The Labute approximate surface area is 184 Å². The van der Waals surface area contributed by atoms with Crippen molar-refractivity contribution in [2.75, 3.05) is 6.54 Å². The number of hydrogen-bond acceptors (Lipinski definition) is 4. The highest BCUT2D eigenvalue weighted by Crippen LogP contribution is 2.38. The lowest BCUT2D eigenvalue weighted by Gasteiger charge is -2.24. The van der Waals surface area contributed by atoms with Crippen molar-refractivity contribution in [2.24, 2.45) is 5.92 Å². The minimum Gasteiger partial charge on any atom is -0.351 e. The molecule has 2 fully saturated rings. The second-order valence-electron chi connectivity index (χ2n) is 9.85. The summed E-state index contributed by atoms with van der Waals surface area (Å²) < 4.78 is 1.89. The maximum Gasteiger partial charge on any atom is 0.226 e. The highest BCUT2D eigenvalue weighted by molar-refractivity contribution is 5.81. The molecule has 7 heteroatoms. The van der Waals surface area contributed by atoms with E-state index in [4.69, 9.17) is 10.1 Å². The van der Waals surface area contributed by atoms with Crippen molar-refractivity contribution < 1.29 is 9.59 Å². The molecule has 0 spiro atoms. The summed E-state index contributed by atoms with van der Waals surface area (Å²) in [6.07, 6.45) is 5.99. The van der Waals surface area contributed by atoms with Gasteiger partial charge in [-0.05, 0) is 71.8 Å². The zero-order valence-electron chi connectivity index (χ0n) is 19.5.